The van der Waals surface area contributed by atoms with E-state index in [1.54, 1.807) is 6.07 Å². The molecule has 0 bridgehead atoms. The molecule has 2 aliphatic rings. The second kappa shape index (κ2) is 11.4. The molecule has 2 unspecified atom stereocenters. The molecule has 9 nitrogen and oxygen atoms in total. The predicted octanol–water partition coefficient (Wildman–Crippen LogP) is 5.47. The van der Waals surface area contributed by atoms with Gasteiger partial charge in [-0.15, -0.1) is 0 Å². The third kappa shape index (κ3) is 6.68. The maximum Gasteiger partial charge on any atom is 0.416 e. The van der Waals surface area contributed by atoms with Crippen LogP contribution in [0.15, 0.2) is 29.3 Å². The minimum absolute atomic E-state index is 0.0316. The van der Waals surface area contributed by atoms with Gasteiger partial charge in [-0.2, -0.15) is 18.2 Å². The number of alkyl halides is 3. The van der Waals surface area contributed by atoms with Crippen LogP contribution in [0, 0.1) is 11.3 Å². The van der Waals surface area contributed by atoms with E-state index >= 15 is 0 Å². The summed E-state index contributed by atoms with van der Waals surface area (Å²) in [6.45, 7) is 13.2. The van der Waals surface area contributed by atoms with Crippen LogP contribution in [0.1, 0.15) is 76.0 Å². The van der Waals surface area contributed by atoms with Crippen molar-refractivity contribution in [2.24, 2.45) is 23.4 Å². The minimum Gasteiger partial charge on any atom is -0.492 e. The number of carboxylic acid groups (broad SMARTS) is 1. The number of aromatic nitrogens is 2. The van der Waals surface area contributed by atoms with Crippen LogP contribution in [0.25, 0.3) is 0 Å². The fraction of sp³-hybridized carbons (Fsp3) is 0.633. The van der Waals surface area contributed by atoms with E-state index in [9.17, 15) is 27.9 Å². The van der Waals surface area contributed by atoms with Crippen molar-refractivity contribution in [2.75, 3.05) is 19.8 Å². The summed E-state index contributed by atoms with van der Waals surface area (Å²) in [6, 6.07) is 4.21. The number of ether oxygens (including phenoxy) is 2. The SMILES string of the molecule is Cn1c(C(C)(C)C)cc(=NC(=O)c2cc(C(F)(F)F)ccc2OCC2CN(C(=O)O)C2C(C)(C)C)n1C[C@H]1CCCO1. The zero-order chi connectivity index (χ0) is 31.2. The topological polar surface area (TPSA) is 98.3 Å². The second-order valence-electron chi connectivity index (χ2n) is 13.3. The van der Waals surface area contributed by atoms with Gasteiger partial charge in [-0.1, -0.05) is 41.5 Å². The van der Waals surface area contributed by atoms with Gasteiger partial charge >= 0.3 is 12.3 Å². The number of hydrogen-bond acceptors (Lipinski definition) is 4. The standard InChI is InChI=1S/C30H41F3N4O5/c1-28(2,3)23-14-24(37(35(23)7)16-20-9-8-12-41-20)34-26(38)21-13-19(30(31,32)33)10-11-22(21)42-17-18-15-36(27(39)40)25(18)29(4,5)6/h10-11,13-14,18,20,25H,8-9,12,15-17H2,1-7H3,(H,39,40)/t18?,20-,25?/m1/s1. The number of nitrogens with zero attached hydrogens (tertiary/aromatic N) is 4. The third-order valence-corrected chi connectivity index (χ3v) is 7.96. The number of hydrogen-bond donors (Lipinski definition) is 1. The van der Waals surface area contributed by atoms with Crippen LogP contribution in [0.5, 0.6) is 5.75 Å². The Balaban J connectivity index is 1.71. The van der Waals surface area contributed by atoms with Crippen molar-refractivity contribution < 1.29 is 37.3 Å². The molecule has 12 heteroatoms. The van der Waals surface area contributed by atoms with Gasteiger partial charge in [0.25, 0.3) is 5.91 Å². The van der Waals surface area contributed by atoms with Crippen LogP contribution < -0.4 is 10.2 Å². The van der Waals surface area contributed by atoms with Gasteiger partial charge in [-0.05, 0) is 36.5 Å². The molecule has 3 heterocycles. The lowest BCUT2D eigenvalue weighted by molar-refractivity contribution is -0.137. The molecule has 2 aromatic rings. The van der Waals surface area contributed by atoms with Crippen molar-refractivity contribution >= 4 is 12.0 Å². The molecule has 2 saturated heterocycles. The van der Waals surface area contributed by atoms with Gasteiger partial charge < -0.3 is 19.5 Å². The Hall–Kier alpha value is -3.28. The maximum atomic E-state index is 13.7. The Morgan fingerprint density at radius 2 is 1.81 bits per heavy atom. The first kappa shape index (κ1) is 31.7. The summed E-state index contributed by atoms with van der Waals surface area (Å²) >= 11 is 0. The summed E-state index contributed by atoms with van der Waals surface area (Å²) in [5.41, 5.74) is -0.754. The molecular weight excluding hydrogens is 553 g/mol. The molecule has 1 N–H and O–H groups in total. The summed E-state index contributed by atoms with van der Waals surface area (Å²) in [5.74, 6) is -1.09. The molecule has 2 fully saturated rings. The van der Waals surface area contributed by atoms with E-state index in [0.29, 0.717) is 18.6 Å². The molecule has 0 aliphatic carbocycles. The average Bonchev–Trinajstić information content (AvgIpc) is 3.45. The van der Waals surface area contributed by atoms with Crippen LogP contribution in [0.4, 0.5) is 18.0 Å². The maximum absolute atomic E-state index is 13.7. The van der Waals surface area contributed by atoms with Gasteiger partial charge in [-0.25, -0.2) is 4.79 Å². The van der Waals surface area contributed by atoms with Crippen molar-refractivity contribution in [1.82, 2.24) is 14.3 Å². The fourth-order valence-electron chi connectivity index (χ4n) is 6.02. The summed E-state index contributed by atoms with van der Waals surface area (Å²) in [7, 11) is 1.86. The van der Waals surface area contributed by atoms with E-state index in [-0.39, 0.29) is 53.4 Å². The molecule has 232 valence electrons. The van der Waals surface area contributed by atoms with E-state index in [1.807, 2.05) is 58.0 Å². The molecule has 1 aromatic heterocycles. The van der Waals surface area contributed by atoms with Crippen LogP contribution in [0.2, 0.25) is 0 Å². The number of likely N-dealkylation sites (tertiary alicyclic amines) is 1. The van der Waals surface area contributed by atoms with E-state index in [2.05, 4.69) is 4.99 Å². The highest BCUT2D eigenvalue weighted by molar-refractivity contribution is 5.97. The lowest BCUT2D eigenvalue weighted by Gasteiger charge is -2.52. The quantitative estimate of drug-likeness (QED) is 0.479. The normalized spacial score (nSPS) is 21.9. The Kier molecular flexibility index (Phi) is 8.61. The smallest absolute Gasteiger partial charge is 0.416 e. The van der Waals surface area contributed by atoms with Crippen LogP contribution in [-0.2, 0) is 29.9 Å². The van der Waals surface area contributed by atoms with Gasteiger partial charge in [0.1, 0.15) is 5.75 Å². The highest BCUT2D eigenvalue weighted by atomic mass is 19.4. The summed E-state index contributed by atoms with van der Waals surface area (Å²) in [4.78, 5) is 30.9. The molecular formula is C30H41F3N4O5. The Bertz CT molecular complexity index is 1390. The van der Waals surface area contributed by atoms with Gasteiger partial charge in [0, 0.05) is 49.3 Å². The van der Waals surface area contributed by atoms with Crippen molar-refractivity contribution in [3.63, 3.8) is 0 Å². The fourth-order valence-corrected chi connectivity index (χ4v) is 6.02. The number of benzene rings is 1. The molecule has 1 aromatic carbocycles. The van der Waals surface area contributed by atoms with E-state index < -0.39 is 23.7 Å². The van der Waals surface area contributed by atoms with Gasteiger partial charge in [0.15, 0.2) is 5.49 Å². The highest BCUT2D eigenvalue weighted by Gasteiger charge is 2.48. The third-order valence-electron chi connectivity index (χ3n) is 7.96. The monoisotopic (exact) mass is 594 g/mol. The lowest BCUT2D eigenvalue weighted by atomic mass is 9.72. The number of carbonyl (C=O) groups excluding carboxylic acids is 1. The lowest BCUT2D eigenvalue weighted by Crippen LogP contribution is -2.64. The minimum atomic E-state index is -4.67. The first-order valence-electron chi connectivity index (χ1n) is 14.2. The number of amides is 2. The molecule has 42 heavy (non-hydrogen) atoms. The molecule has 0 saturated carbocycles. The zero-order valence-electron chi connectivity index (χ0n) is 25.3. The van der Waals surface area contributed by atoms with Gasteiger partial charge in [-0.3, -0.25) is 14.2 Å². The number of carbonyl (C=O) groups is 2. The predicted molar refractivity (Wildman–Crippen MR) is 149 cm³/mol. The molecule has 3 atom stereocenters. The zero-order valence-corrected chi connectivity index (χ0v) is 25.3. The Morgan fingerprint density at radius 1 is 1.12 bits per heavy atom. The van der Waals surface area contributed by atoms with Gasteiger partial charge in [0.2, 0.25) is 0 Å². The molecule has 2 aliphatic heterocycles. The largest absolute Gasteiger partial charge is 0.492 e. The second-order valence-corrected chi connectivity index (χ2v) is 13.3. The van der Waals surface area contributed by atoms with Crippen LogP contribution >= 0.6 is 0 Å². The first-order chi connectivity index (χ1) is 19.4. The van der Waals surface area contributed by atoms with Crippen molar-refractivity contribution in [2.45, 2.75) is 84.7 Å². The van der Waals surface area contributed by atoms with Crippen molar-refractivity contribution in [3.8, 4) is 5.75 Å². The summed E-state index contributed by atoms with van der Waals surface area (Å²) in [5, 5.41) is 9.53. The Labute approximate surface area is 243 Å². The van der Waals surface area contributed by atoms with Crippen molar-refractivity contribution in [1.29, 1.82) is 0 Å². The van der Waals surface area contributed by atoms with Crippen LogP contribution in [0.3, 0.4) is 0 Å². The average molecular weight is 595 g/mol. The van der Waals surface area contributed by atoms with Crippen molar-refractivity contribution in [3.05, 3.63) is 46.6 Å². The van der Waals surface area contributed by atoms with E-state index in [4.69, 9.17) is 9.47 Å². The summed E-state index contributed by atoms with van der Waals surface area (Å²) in [6.07, 6.45) is -3.98. The highest BCUT2D eigenvalue weighted by Crippen LogP contribution is 2.39. The molecule has 0 radical (unpaired) electrons. The van der Waals surface area contributed by atoms with Crippen LogP contribution in [-0.4, -0.2) is 63.3 Å². The van der Waals surface area contributed by atoms with E-state index in [0.717, 1.165) is 36.7 Å². The number of rotatable bonds is 6. The molecule has 2 amide bonds. The number of halogens is 3. The summed E-state index contributed by atoms with van der Waals surface area (Å²) < 4.78 is 56.5. The van der Waals surface area contributed by atoms with E-state index in [1.165, 1.54) is 4.90 Å². The Morgan fingerprint density at radius 3 is 2.36 bits per heavy atom. The first-order valence-corrected chi connectivity index (χ1v) is 14.2. The molecule has 0 spiro atoms. The van der Waals surface area contributed by atoms with Gasteiger partial charge in [0.05, 0.1) is 30.4 Å². The molecule has 4 rings (SSSR count).